The molecule has 0 saturated heterocycles. The van der Waals surface area contributed by atoms with E-state index >= 15 is 0 Å². The van der Waals surface area contributed by atoms with Gasteiger partial charge in [-0.3, -0.25) is 0 Å². The monoisotopic (exact) mass is 364 g/mol. The second-order valence-electron chi connectivity index (χ2n) is 4.17. The molecule has 0 radical (unpaired) electrons. The Bertz CT molecular complexity index is 591. The first-order valence-electron chi connectivity index (χ1n) is 6.14. The van der Waals surface area contributed by atoms with Crippen molar-refractivity contribution in [1.82, 2.24) is 9.55 Å². The van der Waals surface area contributed by atoms with Gasteiger partial charge in [-0.15, -0.1) is 11.6 Å². The molecule has 0 N–H and O–H groups in total. The highest BCUT2D eigenvalue weighted by molar-refractivity contribution is 9.10. The number of alkyl halides is 1. The van der Waals surface area contributed by atoms with Crippen LogP contribution in [-0.2, 0) is 21.9 Å². The van der Waals surface area contributed by atoms with Crippen LogP contribution in [0.15, 0.2) is 16.6 Å². The zero-order chi connectivity index (χ0) is 14.5. The van der Waals surface area contributed by atoms with Crippen molar-refractivity contribution >= 4 is 38.6 Å². The summed E-state index contributed by atoms with van der Waals surface area (Å²) in [4.78, 5) is 4.40. The maximum absolute atomic E-state index is 13.7. The molecule has 1 aromatic carbocycles. The lowest BCUT2D eigenvalue weighted by molar-refractivity contribution is 0.0667. The van der Waals surface area contributed by atoms with Gasteiger partial charge in [-0.2, -0.15) is 0 Å². The van der Waals surface area contributed by atoms with E-state index in [4.69, 9.17) is 21.1 Å². The van der Waals surface area contributed by atoms with Crippen molar-refractivity contribution in [3.63, 3.8) is 0 Å². The van der Waals surface area contributed by atoms with Crippen LogP contribution in [0, 0.1) is 5.82 Å². The van der Waals surface area contributed by atoms with Gasteiger partial charge in [-0.1, -0.05) is 0 Å². The van der Waals surface area contributed by atoms with Crippen molar-refractivity contribution in [2.24, 2.45) is 0 Å². The van der Waals surface area contributed by atoms with E-state index in [1.165, 1.54) is 6.07 Å². The van der Waals surface area contributed by atoms with Crippen molar-refractivity contribution in [3.8, 4) is 0 Å². The minimum absolute atomic E-state index is 0.270. The maximum atomic E-state index is 13.7. The van der Waals surface area contributed by atoms with Crippen LogP contribution in [0.2, 0.25) is 0 Å². The van der Waals surface area contributed by atoms with Crippen molar-refractivity contribution in [2.75, 3.05) is 26.9 Å². The number of nitrogens with zero attached hydrogens (tertiary/aromatic N) is 2. The number of benzene rings is 1. The molecule has 2 rings (SSSR count). The number of aromatic nitrogens is 2. The molecule has 110 valence electrons. The van der Waals surface area contributed by atoms with E-state index in [0.29, 0.717) is 42.2 Å². The molecule has 1 aromatic heterocycles. The Labute approximate surface area is 130 Å². The smallest absolute Gasteiger partial charge is 0.139 e. The van der Waals surface area contributed by atoms with Gasteiger partial charge < -0.3 is 14.0 Å². The zero-order valence-corrected chi connectivity index (χ0v) is 13.4. The van der Waals surface area contributed by atoms with Crippen molar-refractivity contribution < 1.29 is 13.9 Å². The summed E-state index contributed by atoms with van der Waals surface area (Å²) in [6, 6.07) is 3.11. The highest BCUT2D eigenvalue weighted by atomic mass is 79.9. The Balaban J connectivity index is 2.19. The molecule has 1 heterocycles. The first-order valence-corrected chi connectivity index (χ1v) is 7.47. The summed E-state index contributed by atoms with van der Waals surface area (Å²) in [6.45, 7) is 2.15. The molecule has 0 aliphatic carbocycles. The van der Waals surface area contributed by atoms with Gasteiger partial charge in [-0.25, -0.2) is 9.37 Å². The third kappa shape index (κ3) is 3.49. The molecule has 0 aliphatic heterocycles. The van der Waals surface area contributed by atoms with Crippen LogP contribution in [0.5, 0.6) is 0 Å². The standard InChI is InChI=1S/C13H15BrClFN2O2/c1-19-4-5-20-3-2-18-12-7-10(16)9(14)6-11(12)17-13(18)8-15/h6-7H,2-5,8H2,1H3. The largest absolute Gasteiger partial charge is 0.382 e. The second-order valence-corrected chi connectivity index (χ2v) is 5.30. The fourth-order valence-corrected chi connectivity index (χ4v) is 2.46. The van der Waals surface area contributed by atoms with Crippen LogP contribution in [0.1, 0.15) is 5.82 Å². The minimum Gasteiger partial charge on any atom is -0.382 e. The van der Waals surface area contributed by atoms with Gasteiger partial charge in [0.15, 0.2) is 0 Å². The molecule has 7 heteroatoms. The van der Waals surface area contributed by atoms with Gasteiger partial charge in [0, 0.05) is 19.7 Å². The Hall–Kier alpha value is -0.690. The van der Waals surface area contributed by atoms with Crippen LogP contribution in [0.3, 0.4) is 0 Å². The SMILES string of the molecule is COCCOCCn1c(CCl)nc2cc(Br)c(F)cc21. The number of fused-ring (bicyclic) bond motifs is 1. The Morgan fingerprint density at radius 3 is 2.85 bits per heavy atom. The molecular weight excluding hydrogens is 351 g/mol. The normalized spacial score (nSPS) is 11.4. The summed E-state index contributed by atoms with van der Waals surface area (Å²) < 4.78 is 26.3. The van der Waals surface area contributed by atoms with Crippen molar-refractivity contribution in [3.05, 3.63) is 28.2 Å². The summed E-state index contributed by atoms with van der Waals surface area (Å²) >= 11 is 9.05. The number of hydrogen-bond acceptors (Lipinski definition) is 3. The van der Waals surface area contributed by atoms with Gasteiger partial charge in [0.2, 0.25) is 0 Å². The second kappa shape index (κ2) is 7.36. The number of imidazole rings is 1. The first-order chi connectivity index (χ1) is 9.67. The average molecular weight is 366 g/mol. The average Bonchev–Trinajstić information content (AvgIpc) is 2.76. The van der Waals surface area contributed by atoms with E-state index in [-0.39, 0.29) is 11.7 Å². The van der Waals surface area contributed by atoms with E-state index in [1.807, 2.05) is 4.57 Å². The van der Waals surface area contributed by atoms with E-state index in [2.05, 4.69) is 20.9 Å². The molecule has 0 atom stereocenters. The van der Waals surface area contributed by atoms with Crippen LogP contribution in [0.4, 0.5) is 4.39 Å². The summed E-state index contributed by atoms with van der Waals surface area (Å²) in [5.74, 6) is 0.654. The summed E-state index contributed by atoms with van der Waals surface area (Å²) in [5.41, 5.74) is 1.43. The molecule has 4 nitrogen and oxygen atoms in total. The van der Waals surface area contributed by atoms with Gasteiger partial charge in [0.25, 0.3) is 0 Å². The van der Waals surface area contributed by atoms with Gasteiger partial charge >= 0.3 is 0 Å². The lowest BCUT2D eigenvalue weighted by atomic mass is 10.3. The van der Waals surface area contributed by atoms with E-state index in [0.717, 1.165) is 5.52 Å². The fraction of sp³-hybridized carbons (Fsp3) is 0.462. The number of methoxy groups -OCH3 is 1. The molecule has 0 saturated carbocycles. The van der Waals surface area contributed by atoms with Crippen molar-refractivity contribution in [2.45, 2.75) is 12.4 Å². The third-order valence-electron chi connectivity index (χ3n) is 2.88. The van der Waals surface area contributed by atoms with Gasteiger partial charge in [0.1, 0.15) is 11.6 Å². The molecule has 0 bridgehead atoms. The minimum atomic E-state index is -0.319. The van der Waals surface area contributed by atoms with Gasteiger partial charge in [-0.05, 0) is 22.0 Å². The number of ether oxygens (including phenoxy) is 2. The van der Waals surface area contributed by atoms with Gasteiger partial charge in [0.05, 0.1) is 41.2 Å². The van der Waals surface area contributed by atoms with E-state index in [9.17, 15) is 4.39 Å². The summed E-state index contributed by atoms with van der Waals surface area (Å²) in [5, 5.41) is 0. The highest BCUT2D eigenvalue weighted by Crippen LogP contribution is 2.24. The highest BCUT2D eigenvalue weighted by Gasteiger charge is 2.12. The van der Waals surface area contributed by atoms with Crippen molar-refractivity contribution in [1.29, 1.82) is 0 Å². The Morgan fingerprint density at radius 1 is 1.35 bits per heavy atom. The van der Waals surface area contributed by atoms with Crippen LogP contribution >= 0.6 is 27.5 Å². The molecule has 0 fully saturated rings. The molecule has 0 amide bonds. The predicted molar refractivity (Wildman–Crippen MR) is 79.6 cm³/mol. The maximum Gasteiger partial charge on any atom is 0.139 e. The van der Waals surface area contributed by atoms with Crippen LogP contribution < -0.4 is 0 Å². The summed E-state index contributed by atoms with van der Waals surface area (Å²) in [6.07, 6.45) is 0. The number of rotatable bonds is 7. The predicted octanol–water partition coefficient (Wildman–Crippen LogP) is 3.34. The Morgan fingerprint density at radius 2 is 2.15 bits per heavy atom. The van der Waals surface area contributed by atoms with E-state index < -0.39 is 0 Å². The lowest BCUT2D eigenvalue weighted by Gasteiger charge is -2.08. The fourth-order valence-electron chi connectivity index (χ4n) is 1.92. The van der Waals surface area contributed by atoms with Crippen LogP contribution in [0.25, 0.3) is 11.0 Å². The molecule has 2 aromatic rings. The quantitative estimate of drug-likeness (QED) is 0.558. The number of hydrogen-bond donors (Lipinski definition) is 0. The molecule has 0 aliphatic rings. The molecule has 20 heavy (non-hydrogen) atoms. The van der Waals surface area contributed by atoms with Crippen LogP contribution in [-0.4, -0.2) is 36.5 Å². The lowest BCUT2D eigenvalue weighted by Crippen LogP contribution is -2.11. The number of halogens is 3. The Kier molecular flexibility index (Phi) is 5.77. The first kappa shape index (κ1) is 15.7. The zero-order valence-electron chi connectivity index (χ0n) is 11.0. The topological polar surface area (TPSA) is 36.3 Å². The molecular formula is C13H15BrClFN2O2. The third-order valence-corrected chi connectivity index (χ3v) is 3.73. The summed E-state index contributed by atoms with van der Waals surface area (Å²) in [7, 11) is 1.62. The molecule has 0 spiro atoms. The van der Waals surface area contributed by atoms with E-state index in [1.54, 1.807) is 13.2 Å². The molecule has 0 unspecified atom stereocenters.